The standard InChI is InChI=1S/C18H21N3O4/c1-25-12-6-4-5-11(9-12)15(10-16(22)23)19-18(24)17-13-7-2-3-8-14(13)20-21-17/h4-6,9,15H,2-3,7-8,10H2,1H3,(H,19,24)(H,20,21)(H,22,23). The smallest absolute Gasteiger partial charge is 0.305 e. The first-order valence-electron chi connectivity index (χ1n) is 8.31. The molecular weight excluding hydrogens is 322 g/mol. The van der Waals surface area contributed by atoms with E-state index < -0.39 is 12.0 Å². The lowest BCUT2D eigenvalue weighted by molar-refractivity contribution is -0.137. The summed E-state index contributed by atoms with van der Waals surface area (Å²) in [4.78, 5) is 23.9. The number of rotatable bonds is 6. The quantitative estimate of drug-likeness (QED) is 0.746. The van der Waals surface area contributed by atoms with Crippen molar-refractivity contribution < 1.29 is 19.4 Å². The van der Waals surface area contributed by atoms with E-state index in [1.807, 2.05) is 0 Å². The molecule has 1 aromatic carbocycles. The number of aryl methyl sites for hydroxylation is 1. The van der Waals surface area contributed by atoms with Crippen molar-refractivity contribution >= 4 is 11.9 Å². The van der Waals surface area contributed by atoms with Gasteiger partial charge in [0.05, 0.1) is 19.6 Å². The predicted molar refractivity (Wildman–Crippen MR) is 90.7 cm³/mol. The molecule has 1 aliphatic carbocycles. The molecule has 1 aromatic heterocycles. The number of aromatic nitrogens is 2. The number of H-pyrrole nitrogens is 1. The number of fused-ring (bicyclic) bond motifs is 1. The third-order valence-electron chi connectivity index (χ3n) is 4.45. The zero-order valence-electron chi connectivity index (χ0n) is 14.0. The highest BCUT2D eigenvalue weighted by atomic mass is 16.5. The first-order valence-corrected chi connectivity index (χ1v) is 8.31. The zero-order valence-corrected chi connectivity index (χ0v) is 14.0. The van der Waals surface area contributed by atoms with Crippen LogP contribution in [0.5, 0.6) is 5.75 Å². The maximum atomic E-state index is 12.7. The number of methoxy groups -OCH3 is 1. The summed E-state index contributed by atoms with van der Waals surface area (Å²) in [6, 6.07) is 6.39. The Kier molecular flexibility index (Phi) is 5.02. The molecule has 1 atom stereocenters. The van der Waals surface area contributed by atoms with Crippen LogP contribution in [0, 0.1) is 0 Å². The summed E-state index contributed by atoms with van der Waals surface area (Å²) < 4.78 is 5.18. The van der Waals surface area contributed by atoms with E-state index in [1.165, 1.54) is 0 Å². The summed E-state index contributed by atoms with van der Waals surface area (Å²) in [5.41, 5.74) is 3.00. The zero-order chi connectivity index (χ0) is 17.8. The summed E-state index contributed by atoms with van der Waals surface area (Å²) in [6.45, 7) is 0. The molecule has 0 spiro atoms. The lowest BCUT2D eigenvalue weighted by atomic mass is 9.95. The lowest BCUT2D eigenvalue weighted by Crippen LogP contribution is -2.31. The number of carboxylic acids is 1. The van der Waals surface area contributed by atoms with Crippen LogP contribution in [0.3, 0.4) is 0 Å². The number of carboxylic acid groups (broad SMARTS) is 1. The molecule has 1 unspecified atom stereocenters. The van der Waals surface area contributed by atoms with Gasteiger partial charge in [-0.2, -0.15) is 5.10 Å². The largest absolute Gasteiger partial charge is 0.497 e. The Morgan fingerprint density at radius 1 is 1.36 bits per heavy atom. The average molecular weight is 343 g/mol. The van der Waals surface area contributed by atoms with Crippen molar-refractivity contribution in [2.75, 3.05) is 7.11 Å². The average Bonchev–Trinajstić information content (AvgIpc) is 3.05. The van der Waals surface area contributed by atoms with Gasteiger partial charge in [0.2, 0.25) is 0 Å². The molecule has 1 aliphatic rings. The van der Waals surface area contributed by atoms with Crippen LogP contribution in [0.1, 0.15) is 52.6 Å². The molecule has 1 amide bonds. The molecule has 7 nitrogen and oxygen atoms in total. The van der Waals surface area contributed by atoms with E-state index in [2.05, 4.69) is 15.5 Å². The second-order valence-electron chi connectivity index (χ2n) is 6.14. The highest BCUT2D eigenvalue weighted by Gasteiger charge is 2.25. The molecule has 3 N–H and O–H groups in total. The van der Waals surface area contributed by atoms with Crippen molar-refractivity contribution in [3.05, 3.63) is 46.8 Å². The molecule has 0 bridgehead atoms. The van der Waals surface area contributed by atoms with E-state index in [1.54, 1.807) is 31.4 Å². The fourth-order valence-electron chi connectivity index (χ4n) is 3.18. The first-order chi connectivity index (χ1) is 12.1. The van der Waals surface area contributed by atoms with Crippen molar-refractivity contribution in [3.8, 4) is 5.75 Å². The van der Waals surface area contributed by atoms with Crippen LogP contribution in [-0.4, -0.2) is 34.3 Å². The number of nitrogens with one attached hydrogen (secondary N) is 2. The third kappa shape index (κ3) is 3.81. The van der Waals surface area contributed by atoms with Gasteiger partial charge >= 0.3 is 5.97 Å². The number of aliphatic carboxylic acids is 1. The van der Waals surface area contributed by atoms with E-state index >= 15 is 0 Å². The molecule has 0 fully saturated rings. The monoisotopic (exact) mass is 343 g/mol. The molecule has 0 saturated carbocycles. The highest BCUT2D eigenvalue weighted by Crippen LogP contribution is 2.25. The van der Waals surface area contributed by atoms with Crippen molar-refractivity contribution in [2.24, 2.45) is 0 Å². The molecule has 132 valence electrons. The van der Waals surface area contributed by atoms with Gasteiger partial charge < -0.3 is 15.2 Å². The number of hydrogen-bond acceptors (Lipinski definition) is 4. The first kappa shape index (κ1) is 17.0. The maximum Gasteiger partial charge on any atom is 0.305 e. The van der Waals surface area contributed by atoms with E-state index in [4.69, 9.17) is 4.74 Å². The lowest BCUT2D eigenvalue weighted by Gasteiger charge is -2.18. The highest BCUT2D eigenvalue weighted by molar-refractivity contribution is 5.94. The van der Waals surface area contributed by atoms with Gasteiger partial charge in [-0.05, 0) is 43.4 Å². The van der Waals surface area contributed by atoms with E-state index in [0.717, 1.165) is 36.9 Å². The normalized spacial score (nSPS) is 14.4. The van der Waals surface area contributed by atoms with Crippen LogP contribution in [0.2, 0.25) is 0 Å². The number of aromatic amines is 1. The number of ether oxygens (including phenoxy) is 1. The van der Waals surface area contributed by atoms with Crippen molar-refractivity contribution in [1.29, 1.82) is 0 Å². The maximum absolute atomic E-state index is 12.7. The number of carbonyl (C=O) groups is 2. The van der Waals surface area contributed by atoms with Crippen LogP contribution in [0.4, 0.5) is 0 Å². The number of nitrogens with zero attached hydrogens (tertiary/aromatic N) is 1. The third-order valence-corrected chi connectivity index (χ3v) is 4.45. The Labute approximate surface area is 145 Å². The van der Waals surface area contributed by atoms with E-state index in [9.17, 15) is 14.7 Å². The summed E-state index contributed by atoms with van der Waals surface area (Å²) in [7, 11) is 1.54. The summed E-state index contributed by atoms with van der Waals surface area (Å²) in [5.74, 6) is -0.732. The molecule has 7 heteroatoms. The van der Waals surface area contributed by atoms with Gasteiger partial charge in [0.1, 0.15) is 5.75 Å². The van der Waals surface area contributed by atoms with Crippen LogP contribution < -0.4 is 10.1 Å². The van der Waals surface area contributed by atoms with Crippen molar-refractivity contribution in [1.82, 2.24) is 15.5 Å². The SMILES string of the molecule is COc1cccc(C(CC(=O)O)NC(=O)c2n[nH]c3c2CCCC3)c1. The van der Waals surface area contributed by atoms with Crippen molar-refractivity contribution in [3.63, 3.8) is 0 Å². The number of amides is 1. The Balaban J connectivity index is 1.83. The molecule has 3 rings (SSSR count). The number of benzene rings is 1. The molecule has 1 heterocycles. The Hall–Kier alpha value is -2.83. The summed E-state index contributed by atoms with van der Waals surface area (Å²) >= 11 is 0. The second-order valence-corrected chi connectivity index (χ2v) is 6.14. The van der Waals surface area contributed by atoms with Gasteiger partial charge in [-0.15, -0.1) is 0 Å². The summed E-state index contributed by atoms with van der Waals surface area (Å²) in [5, 5.41) is 19.1. The molecule has 0 saturated heterocycles. The molecule has 0 radical (unpaired) electrons. The Morgan fingerprint density at radius 3 is 2.92 bits per heavy atom. The Morgan fingerprint density at radius 2 is 2.16 bits per heavy atom. The van der Waals surface area contributed by atoms with Gasteiger partial charge in [-0.3, -0.25) is 14.7 Å². The minimum Gasteiger partial charge on any atom is -0.497 e. The minimum atomic E-state index is -0.989. The molecule has 0 aliphatic heterocycles. The fraction of sp³-hybridized carbons (Fsp3) is 0.389. The van der Waals surface area contributed by atoms with Crippen LogP contribution in [-0.2, 0) is 17.6 Å². The summed E-state index contributed by atoms with van der Waals surface area (Å²) in [6.07, 6.45) is 3.61. The Bertz CT molecular complexity index is 784. The minimum absolute atomic E-state index is 0.217. The predicted octanol–water partition coefficient (Wildman–Crippen LogP) is 2.24. The van der Waals surface area contributed by atoms with Crippen LogP contribution in [0.25, 0.3) is 0 Å². The molecular formula is C18H21N3O4. The topological polar surface area (TPSA) is 104 Å². The number of carbonyl (C=O) groups excluding carboxylic acids is 1. The van der Waals surface area contributed by atoms with Crippen LogP contribution >= 0.6 is 0 Å². The number of hydrogen-bond donors (Lipinski definition) is 3. The van der Waals surface area contributed by atoms with Gasteiger partial charge in [-0.25, -0.2) is 0 Å². The van der Waals surface area contributed by atoms with E-state index in [0.29, 0.717) is 17.0 Å². The van der Waals surface area contributed by atoms with Crippen LogP contribution in [0.15, 0.2) is 24.3 Å². The second kappa shape index (κ2) is 7.38. The van der Waals surface area contributed by atoms with Crippen molar-refractivity contribution in [2.45, 2.75) is 38.1 Å². The van der Waals surface area contributed by atoms with Gasteiger partial charge in [-0.1, -0.05) is 12.1 Å². The fourth-order valence-corrected chi connectivity index (χ4v) is 3.18. The van der Waals surface area contributed by atoms with Gasteiger partial charge in [0, 0.05) is 11.3 Å². The molecule has 25 heavy (non-hydrogen) atoms. The van der Waals surface area contributed by atoms with Gasteiger partial charge in [0.25, 0.3) is 5.91 Å². The van der Waals surface area contributed by atoms with E-state index in [-0.39, 0.29) is 12.3 Å². The van der Waals surface area contributed by atoms with Gasteiger partial charge in [0.15, 0.2) is 5.69 Å². The molecule has 2 aromatic rings.